The molecule has 0 bridgehead atoms. The number of benzene rings is 1. The molecular formula is C15H21N5O. The van der Waals surface area contributed by atoms with E-state index in [0.717, 1.165) is 31.1 Å². The van der Waals surface area contributed by atoms with Gasteiger partial charge in [-0.2, -0.15) is 4.68 Å². The van der Waals surface area contributed by atoms with E-state index in [9.17, 15) is 0 Å². The lowest BCUT2D eigenvalue weighted by Gasteiger charge is -2.15. The van der Waals surface area contributed by atoms with Gasteiger partial charge in [-0.3, -0.25) is 0 Å². The molecule has 21 heavy (non-hydrogen) atoms. The number of ether oxygens (including phenoxy) is 1. The van der Waals surface area contributed by atoms with Gasteiger partial charge < -0.3 is 10.1 Å². The van der Waals surface area contributed by atoms with Crippen LogP contribution in [0.5, 0.6) is 0 Å². The van der Waals surface area contributed by atoms with Crippen LogP contribution in [0.4, 0.5) is 0 Å². The van der Waals surface area contributed by atoms with E-state index in [2.05, 4.69) is 20.8 Å². The highest BCUT2D eigenvalue weighted by Crippen LogP contribution is 2.48. The lowest BCUT2D eigenvalue weighted by atomic mass is 10.0. The Labute approximate surface area is 124 Å². The second-order valence-corrected chi connectivity index (χ2v) is 5.69. The van der Waals surface area contributed by atoms with Crippen molar-refractivity contribution in [3.05, 3.63) is 36.2 Å². The Morgan fingerprint density at radius 2 is 2.10 bits per heavy atom. The van der Waals surface area contributed by atoms with E-state index in [1.54, 1.807) is 11.8 Å². The first-order valence-electron chi connectivity index (χ1n) is 7.35. The summed E-state index contributed by atoms with van der Waals surface area (Å²) in [5.41, 5.74) is 1.42. The molecule has 0 atom stereocenters. The minimum absolute atomic E-state index is 0.432. The van der Waals surface area contributed by atoms with E-state index in [-0.39, 0.29) is 0 Å². The van der Waals surface area contributed by atoms with Crippen LogP contribution in [-0.4, -0.2) is 40.5 Å². The average molecular weight is 287 g/mol. The molecule has 0 saturated heterocycles. The Morgan fingerprint density at radius 3 is 2.81 bits per heavy atom. The number of hydrogen-bond acceptors (Lipinski definition) is 5. The molecule has 0 spiro atoms. The van der Waals surface area contributed by atoms with Gasteiger partial charge in [0, 0.05) is 20.3 Å². The third-order valence-corrected chi connectivity index (χ3v) is 4.11. The van der Waals surface area contributed by atoms with Crippen molar-refractivity contribution in [3.63, 3.8) is 0 Å². The smallest absolute Gasteiger partial charge is 0.170 e. The van der Waals surface area contributed by atoms with Gasteiger partial charge in [-0.1, -0.05) is 18.2 Å². The number of hydrogen-bond donors (Lipinski definition) is 1. The van der Waals surface area contributed by atoms with Crippen LogP contribution in [0, 0.1) is 5.41 Å². The summed E-state index contributed by atoms with van der Waals surface area (Å²) < 4.78 is 6.96. The predicted molar refractivity (Wildman–Crippen MR) is 79.0 cm³/mol. The quantitative estimate of drug-likeness (QED) is 0.798. The molecule has 3 rings (SSSR count). The summed E-state index contributed by atoms with van der Waals surface area (Å²) in [6.07, 6.45) is 3.69. The molecule has 1 aliphatic rings. The Morgan fingerprint density at radius 1 is 1.29 bits per heavy atom. The highest BCUT2D eigenvalue weighted by atomic mass is 16.5. The first-order chi connectivity index (χ1) is 10.3. The highest BCUT2D eigenvalue weighted by Gasteiger charge is 2.41. The van der Waals surface area contributed by atoms with E-state index >= 15 is 0 Å². The zero-order valence-electron chi connectivity index (χ0n) is 12.3. The molecule has 2 aromatic rings. The molecule has 1 fully saturated rings. The summed E-state index contributed by atoms with van der Waals surface area (Å²) >= 11 is 0. The summed E-state index contributed by atoms with van der Waals surface area (Å²) in [7, 11) is 1.76. The molecule has 1 aliphatic carbocycles. The van der Waals surface area contributed by atoms with Crippen molar-refractivity contribution < 1.29 is 4.74 Å². The number of rotatable bonds is 8. The molecule has 6 heteroatoms. The molecule has 0 amide bonds. The highest BCUT2D eigenvalue weighted by molar-refractivity contribution is 5.30. The number of nitrogens with one attached hydrogen (secondary N) is 1. The molecule has 1 aromatic carbocycles. The zero-order valence-corrected chi connectivity index (χ0v) is 12.3. The first kappa shape index (κ1) is 14.2. The lowest BCUT2D eigenvalue weighted by Crippen LogP contribution is -2.26. The summed E-state index contributed by atoms with van der Waals surface area (Å²) in [6.45, 7) is 2.51. The van der Waals surface area contributed by atoms with Crippen molar-refractivity contribution in [2.75, 3.05) is 20.3 Å². The SMILES string of the molecule is COCCC1(CNCc2nnnn2-c2ccccc2)CC1. The Hall–Kier alpha value is -1.79. The van der Waals surface area contributed by atoms with Crippen LogP contribution in [-0.2, 0) is 11.3 Å². The van der Waals surface area contributed by atoms with Gasteiger partial charge in [0.1, 0.15) is 0 Å². The normalized spacial score (nSPS) is 16.0. The number of tetrazole rings is 1. The summed E-state index contributed by atoms with van der Waals surface area (Å²) in [6, 6.07) is 9.95. The van der Waals surface area contributed by atoms with Gasteiger partial charge >= 0.3 is 0 Å². The molecular weight excluding hydrogens is 266 g/mol. The molecule has 1 heterocycles. The van der Waals surface area contributed by atoms with Gasteiger partial charge in [-0.15, -0.1) is 5.10 Å². The molecule has 6 nitrogen and oxygen atoms in total. The standard InChI is InChI=1S/C15H21N5O/c1-21-10-9-15(7-8-15)12-16-11-14-17-18-19-20(14)13-5-3-2-4-6-13/h2-6,16H,7-12H2,1H3. The second-order valence-electron chi connectivity index (χ2n) is 5.69. The minimum atomic E-state index is 0.432. The van der Waals surface area contributed by atoms with Crippen LogP contribution >= 0.6 is 0 Å². The predicted octanol–water partition coefficient (Wildman–Crippen LogP) is 1.57. The summed E-state index contributed by atoms with van der Waals surface area (Å²) in [5, 5.41) is 15.4. The second kappa shape index (κ2) is 6.32. The molecule has 0 unspecified atom stereocenters. The molecule has 0 aliphatic heterocycles. The number of aromatic nitrogens is 4. The molecule has 1 aromatic heterocycles. The summed E-state index contributed by atoms with van der Waals surface area (Å²) in [4.78, 5) is 0. The maximum absolute atomic E-state index is 5.18. The number of para-hydroxylation sites is 1. The number of methoxy groups -OCH3 is 1. The van der Waals surface area contributed by atoms with E-state index in [0.29, 0.717) is 12.0 Å². The van der Waals surface area contributed by atoms with Crippen molar-refractivity contribution in [2.45, 2.75) is 25.8 Å². The molecule has 0 radical (unpaired) electrons. The topological polar surface area (TPSA) is 64.9 Å². The van der Waals surface area contributed by atoms with Gasteiger partial charge in [-0.25, -0.2) is 0 Å². The van der Waals surface area contributed by atoms with Gasteiger partial charge in [-0.05, 0) is 47.2 Å². The fourth-order valence-electron chi connectivity index (χ4n) is 2.54. The van der Waals surface area contributed by atoms with Crippen LogP contribution in [0.1, 0.15) is 25.1 Å². The fraction of sp³-hybridized carbons (Fsp3) is 0.533. The van der Waals surface area contributed by atoms with Gasteiger partial charge in [0.15, 0.2) is 5.82 Å². The van der Waals surface area contributed by atoms with Gasteiger partial charge in [0.25, 0.3) is 0 Å². The van der Waals surface area contributed by atoms with Crippen molar-refractivity contribution in [1.29, 1.82) is 0 Å². The van der Waals surface area contributed by atoms with Crippen LogP contribution in [0.3, 0.4) is 0 Å². The van der Waals surface area contributed by atoms with Crippen molar-refractivity contribution in [1.82, 2.24) is 25.5 Å². The lowest BCUT2D eigenvalue weighted by molar-refractivity contribution is 0.171. The molecule has 1 N–H and O–H groups in total. The Balaban J connectivity index is 1.56. The number of nitrogens with zero attached hydrogens (tertiary/aromatic N) is 4. The van der Waals surface area contributed by atoms with Crippen molar-refractivity contribution in [2.24, 2.45) is 5.41 Å². The fourth-order valence-corrected chi connectivity index (χ4v) is 2.54. The Kier molecular flexibility index (Phi) is 4.26. The minimum Gasteiger partial charge on any atom is -0.385 e. The Bertz CT molecular complexity index is 564. The maximum Gasteiger partial charge on any atom is 0.170 e. The molecule has 112 valence electrons. The van der Waals surface area contributed by atoms with Gasteiger partial charge in [0.2, 0.25) is 0 Å². The van der Waals surface area contributed by atoms with E-state index in [1.165, 1.54) is 12.8 Å². The van der Waals surface area contributed by atoms with Crippen LogP contribution in [0.25, 0.3) is 5.69 Å². The van der Waals surface area contributed by atoms with E-state index < -0.39 is 0 Å². The first-order valence-corrected chi connectivity index (χ1v) is 7.35. The average Bonchev–Trinajstić information content (AvgIpc) is 3.14. The van der Waals surface area contributed by atoms with Crippen LogP contribution in [0.2, 0.25) is 0 Å². The van der Waals surface area contributed by atoms with E-state index in [4.69, 9.17) is 4.74 Å². The van der Waals surface area contributed by atoms with E-state index in [1.807, 2.05) is 30.3 Å². The van der Waals surface area contributed by atoms with Crippen molar-refractivity contribution >= 4 is 0 Å². The molecule has 1 saturated carbocycles. The maximum atomic E-state index is 5.18. The van der Waals surface area contributed by atoms with Gasteiger partial charge in [0.05, 0.1) is 12.2 Å². The summed E-state index contributed by atoms with van der Waals surface area (Å²) in [5.74, 6) is 0.837. The third-order valence-electron chi connectivity index (χ3n) is 4.11. The zero-order chi connectivity index (χ0) is 14.5. The van der Waals surface area contributed by atoms with Crippen LogP contribution < -0.4 is 5.32 Å². The van der Waals surface area contributed by atoms with Crippen molar-refractivity contribution in [3.8, 4) is 5.69 Å². The van der Waals surface area contributed by atoms with Crippen LogP contribution in [0.15, 0.2) is 30.3 Å². The third kappa shape index (κ3) is 3.46. The largest absolute Gasteiger partial charge is 0.385 e. The monoisotopic (exact) mass is 287 g/mol.